The quantitative estimate of drug-likeness (QED) is 0.404. The maximum absolute atomic E-state index is 12.3. The fourth-order valence-corrected chi connectivity index (χ4v) is 3.18. The van der Waals surface area contributed by atoms with Gasteiger partial charge in [0, 0.05) is 10.8 Å². The largest absolute Gasteiger partial charge is 0.497 e. The minimum atomic E-state index is -0.401. The molecule has 0 amide bonds. The van der Waals surface area contributed by atoms with Crippen molar-refractivity contribution in [3.63, 3.8) is 0 Å². The Hall–Kier alpha value is -3.80. The number of aromatic nitrogens is 1. The van der Waals surface area contributed by atoms with Gasteiger partial charge in [0.2, 0.25) is 0 Å². The smallest absolute Gasteiger partial charge is 0.338 e. The zero-order valence-corrected chi connectivity index (χ0v) is 16.1. The molecule has 0 unspecified atom stereocenters. The number of nitrogen functional groups attached to an aromatic ring is 1. The highest BCUT2D eigenvalue weighted by Crippen LogP contribution is 2.31. The molecule has 0 saturated heterocycles. The number of benzene rings is 3. The second-order valence-electron chi connectivity index (χ2n) is 6.56. The van der Waals surface area contributed by atoms with Gasteiger partial charge in [-0.1, -0.05) is 6.07 Å². The van der Waals surface area contributed by atoms with Crippen molar-refractivity contribution in [2.75, 3.05) is 20.0 Å². The molecule has 0 aliphatic rings. The highest BCUT2D eigenvalue weighted by Gasteiger charge is 2.11. The standard InChI is InChI=1S/C23H20N2O4/c1-27-16-6-4-15(5-7-16)23(26)29-13-14-3-9-20-18(11-14)22(24)19-12-17(28-2)8-10-21(19)25-20/h3-12H,13H2,1-2H3,(H2,24,25). The van der Waals surface area contributed by atoms with E-state index in [2.05, 4.69) is 4.98 Å². The fourth-order valence-electron chi connectivity index (χ4n) is 3.18. The van der Waals surface area contributed by atoms with E-state index < -0.39 is 5.97 Å². The summed E-state index contributed by atoms with van der Waals surface area (Å²) in [4.78, 5) is 16.9. The van der Waals surface area contributed by atoms with Gasteiger partial charge in [0.05, 0.1) is 36.5 Å². The summed E-state index contributed by atoms with van der Waals surface area (Å²) < 4.78 is 15.8. The Morgan fingerprint density at radius 2 is 1.48 bits per heavy atom. The van der Waals surface area contributed by atoms with E-state index in [-0.39, 0.29) is 6.61 Å². The van der Waals surface area contributed by atoms with Crippen LogP contribution in [0.25, 0.3) is 21.8 Å². The number of ether oxygens (including phenoxy) is 3. The lowest BCUT2D eigenvalue weighted by molar-refractivity contribution is 0.0473. The van der Waals surface area contributed by atoms with E-state index in [1.807, 2.05) is 36.4 Å². The number of fused-ring (bicyclic) bond motifs is 2. The molecule has 4 rings (SSSR count). The van der Waals surface area contributed by atoms with Gasteiger partial charge in [-0.2, -0.15) is 0 Å². The van der Waals surface area contributed by atoms with Crippen molar-refractivity contribution in [2.24, 2.45) is 0 Å². The highest BCUT2D eigenvalue weighted by molar-refractivity contribution is 6.06. The lowest BCUT2D eigenvalue weighted by Gasteiger charge is -2.10. The van der Waals surface area contributed by atoms with Gasteiger partial charge in [0.1, 0.15) is 18.1 Å². The molecule has 2 N–H and O–H groups in total. The molecule has 6 nitrogen and oxygen atoms in total. The van der Waals surface area contributed by atoms with Crippen molar-refractivity contribution in [3.8, 4) is 11.5 Å². The molecule has 29 heavy (non-hydrogen) atoms. The van der Waals surface area contributed by atoms with Gasteiger partial charge < -0.3 is 19.9 Å². The normalized spacial score (nSPS) is 10.8. The van der Waals surface area contributed by atoms with Gasteiger partial charge >= 0.3 is 5.97 Å². The minimum absolute atomic E-state index is 0.135. The molecule has 4 aromatic rings. The Kier molecular flexibility index (Phi) is 4.91. The van der Waals surface area contributed by atoms with Gasteiger partial charge in [-0.25, -0.2) is 9.78 Å². The molecule has 0 atom stereocenters. The number of pyridine rings is 1. The molecule has 146 valence electrons. The van der Waals surface area contributed by atoms with Crippen LogP contribution >= 0.6 is 0 Å². The Morgan fingerprint density at radius 1 is 0.862 bits per heavy atom. The van der Waals surface area contributed by atoms with Gasteiger partial charge in [0.25, 0.3) is 0 Å². The second-order valence-corrected chi connectivity index (χ2v) is 6.56. The molecule has 3 aromatic carbocycles. The second kappa shape index (κ2) is 7.67. The van der Waals surface area contributed by atoms with Gasteiger partial charge in [-0.15, -0.1) is 0 Å². The molecule has 0 saturated carbocycles. The SMILES string of the molecule is COc1ccc(C(=O)OCc2ccc3nc4ccc(OC)cc4c(N)c3c2)cc1. The summed E-state index contributed by atoms with van der Waals surface area (Å²) in [5.41, 5.74) is 9.90. The van der Waals surface area contributed by atoms with Crippen LogP contribution in [0.3, 0.4) is 0 Å². The molecule has 0 bridgehead atoms. The Labute approximate surface area is 167 Å². The number of nitrogens with zero attached hydrogens (tertiary/aromatic N) is 1. The number of hydrogen-bond acceptors (Lipinski definition) is 6. The third-order valence-electron chi connectivity index (χ3n) is 4.78. The topological polar surface area (TPSA) is 83.7 Å². The molecule has 1 heterocycles. The lowest BCUT2D eigenvalue weighted by atomic mass is 10.1. The Bertz CT molecular complexity index is 1200. The van der Waals surface area contributed by atoms with Crippen molar-refractivity contribution in [1.29, 1.82) is 0 Å². The first kappa shape index (κ1) is 18.6. The van der Waals surface area contributed by atoms with Gasteiger partial charge in [-0.3, -0.25) is 0 Å². The average molecular weight is 388 g/mol. The average Bonchev–Trinajstić information content (AvgIpc) is 2.77. The first-order valence-electron chi connectivity index (χ1n) is 9.06. The maximum Gasteiger partial charge on any atom is 0.338 e. The summed E-state index contributed by atoms with van der Waals surface area (Å²) in [5.74, 6) is 1.000. The molecular weight excluding hydrogens is 368 g/mol. The molecule has 0 radical (unpaired) electrons. The van der Waals surface area contributed by atoms with E-state index in [0.29, 0.717) is 17.0 Å². The third-order valence-corrected chi connectivity index (χ3v) is 4.78. The number of hydrogen-bond donors (Lipinski definition) is 1. The van der Waals surface area contributed by atoms with Crippen LogP contribution in [0, 0.1) is 0 Å². The van der Waals surface area contributed by atoms with Crippen molar-refractivity contribution in [3.05, 3.63) is 71.8 Å². The van der Waals surface area contributed by atoms with Gasteiger partial charge in [-0.05, 0) is 60.2 Å². The molecule has 0 aliphatic carbocycles. The first-order valence-corrected chi connectivity index (χ1v) is 9.06. The summed E-state index contributed by atoms with van der Waals surface area (Å²) in [7, 11) is 3.19. The third kappa shape index (κ3) is 3.65. The number of anilines is 1. The van der Waals surface area contributed by atoms with Crippen LogP contribution in [0.15, 0.2) is 60.7 Å². The predicted molar refractivity (Wildman–Crippen MR) is 112 cm³/mol. The van der Waals surface area contributed by atoms with Crippen molar-refractivity contribution in [2.45, 2.75) is 6.61 Å². The molecule has 1 aromatic heterocycles. The molecule has 0 aliphatic heterocycles. The van der Waals surface area contributed by atoms with Crippen LogP contribution in [-0.4, -0.2) is 25.2 Å². The number of methoxy groups -OCH3 is 2. The van der Waals surface area contributed by atoms with Crippen molar-refractivity contribution < 1.29 is 19.0 Å². The molecule has 6 heteroatoms. The zero-order chi connectivity index (χ0) is 20.4. The van der Waals surface area contributed by atoms with E-state index in [0.717, 1.165) is 33.1 Å². The number of nitrogens with two attached hydrogens (primary N) is 1. The summed E-state index contributed by atoms with van der Waals surface area (Å²) >= 11 is 0. The summed E-state index contributed by atoms with van der Waals surface area (Å²) in [6.45, 7) is 0.135. The van der Waals surface area contributed by atoms with Crippen LogP contribution < -0.4 is 15.2 Å². The predicted octanol–water partition coefficient (Wildman–Crippen LogP) is 4.34. The van der Waals surface area contributed by atoms with E-state index in [9.17, 15) is 4.79 Å². The number of esters is 1. The van der Waals surface area contributed by atoms with Crippen molar-refractivity contribution >= 4 is 33.5 Å². The minimum Gasteiger partial charge on any atom is -0.497 e. The van der Waals surface area contributed by atoms with Crippen molar-refractivity contribution in [1.82, 2.24) is 4.98 Å². The Morgan fingerprint density at radius 3 is 2.17 bits per heavy atom. The van der Waals surface area contributed by atoms with E-state index in [4.69, 9.17) is 19.9 Å². The Balaban J connectivity index is 1.59. The summed E-state index contributed by atoms with van der Waals surface area (Å²) in [6, 6.07) is 18.0. The molecule has 0 fully saturated rings. The van der Waals surface area contributed by atoms with E-state index in [1.165, 1.54) is 0 Å². The lowest BCUT2D eigenvalue weighted by Crippen LogP contribution is -2.05. The number of rotatable bonds is 5. The monoisotopic (exact) mass is 388 g/mol. The fraction of sp³-hybridized carbons (Fsp3) is 0.130. The molecular formula is C23H20N2O4. The van der Waals surface area contributed by atoms with E-state index >= 15 is 0 Å². The first-order chi connectivity index (χ1) is 14.1. The highest BCUT2D eigenvalue weighted by atomic mass is 16.5. The van der Waals surface area contributed by atoms with Gasteiger partial charge in [0.15, 0.2) is 0 Å². The van der Waals surface area contributed by atoms with Crippen LogP contribution in [0.1, 0.15) is 15.9 Å². The summed E-state index contributed by atoms with van der Waals surface area (Å²) in [6.07, 6.45) is 0. The van der Waals surface area contributed by atoms with Crippen LogP contribution in [0.4, 0.5) is 5.69 Å². The van der Waals surface area contributed by atoms with Crippen LogP contribution in [0.5, 0.6) is 11.5 Å². The molecule has 0 spiro atoms. The van der Waals surface area contributed by atoms with Crippen LogP contribution in [-0.2, 0) is 11.3 Å². The summed E-state index contributed by atoms with van der Waals surface area (Å²) in [5, 5.41) is 1.63. The van der Waals surface area contributed by atoms with E-state index in [1.54, 1.807) is 38.5 Å². The maximum atomic E-state index is 12.3. The zero-order valence-electron chi connectivity index (χ0n) is 16.1. The van der Waals surface area contributed by atoms with Crippen LogP contribution in [0.2, 0.25) is 0 Å². The number of carbonyl (C=O) groups is 1. The number of carbonyl (C=O) groups excluding carboxylic acids is 1.